The van der Waals surface area contributed by atoms with Crippen molar-refractivity contribution in [2.45, 2.75) is 20.1 Å². The number of benzene rings is 1. The molecule has 2 rings (SSSR count). The van der Waals surface area contributed by atoms with Crippen molar-refractivity contribution in [2.75, 3.05) is 26.3 Å². The first-order chi connectivity index (χ1) is 10.5. The van der Waals surface area contributed by atoms with Crippen molar-refractivity contribution in [1.29, 1.82) is 0 Å². The van der Waals surface area contributed by atoms with E-state index in [1.807, 2.05) is 0 Å². The number of halogens is 2. The number of hydrogen-bond acceptors (Lipinski definition) is 5. The van der Waals surface area contributed by atoms with Gasteiger partial charge in [0.2, 0.25) is 0 Å². The zero-order chi connectivity index (χ0) is 16.1. The van der Waals surface area contributed by atoms with Crippen molar-refractivity contribution >= 4 is 6.09 Å². The molecular weight excluding hydrogens is 298 g/mol. The number of carbonyl (C=O) groups excluding carboxylic acids is 1. The van der Waals surface area contributed by atoms with Crippen LogP contribution in [-0.4, -0.2) is 43.9 Å². The van der Waals surface area contributed by atoms with E-state index in [4.69, 9.17) is 15.2 Å². The maximum Gasteiger partial charge on any atom is 0.409 e. The van der Waals surface area contributed by atoms with Gasteiger partial charge in [-0.25, -0.2) is 4.79 Å². The first-order valence-electron chi connectivity index (χ1n) is 6.81. The lowest BCUT2D eigenvalue weighted by atomic mass is 10.1. The zero-order valence-corrected chi connectivity index (χ0v) is 12.2. The van der Waals surface area contributed by atoms with Gasteiger partial charge in [0.15, 0.2) is 0 Å². The Kier molecular flexibility index (Phi) is 5.51. The number of morpholine rings is 1. The Labute approximate surface area is 126 Å². The van der Waals surface area contributed by atoms with Gasteiger partial charge in [-0.3, -0.25) is 4.90 Å². The van der Waals surface area contributed by atoms with Crippen LogP contribution in [0.4, 0.5) is 13.6 Å². The number of alkyl halides is 2. The predicted octanol–water partition coefficient (Wildman–Crippen LogP) is 1.89. The first kappa shape index (κ1) is 16.4. The molecule has 0 spiro atoms. The molecule has 122 valence electrons. The molecule has 0 atom stereocenters. The van der Waals surface area contributed by atoms with E-state index in [0.29, 0.717) is 25.3 Å². The van der Waals surface area contributed by atoms with E-state index in [1.165, 1.54) is 6.07 Å². The van der Waals surface area contributed by atoms with Gasteiger partial charge in [-0.15, -0.1) is 0 Å². The number of ether oxygens (including phenoxy) is 3. The second kappa shape index (κ2) is 7.37. The molecular formula is C14H18F2N2O4. The van der Waals surface area contributed by atoms with Crippen molar-refractivity contribution in [1.82, 2.24) is 4.90 Å². The third-order valence-electron chi connectivity index (χ3n) is 3.37. The molecule has 1 aromatic carbocycles. The highest BCUT2D eigenvalue weighted by Crippen LogP contribution is 2.30. The van der Waals surface area contributed by atoms with Gasteiger partial charge in [-0.1, -0.05) is 0 Å². The minimum Gasteiger partial charge on any atom is -0.434 e. The van der Waals surface area contributed by atoms with E-state index in [-0.39, 0.29) is 11.5 Å². The topological polar surface area (TPSA) is 74.0 Å². The highest BCUT2D eigenvalue weighted by Gasteiger charge is 2.17. The van der Waals surface area contributed by atoms with Crippen molar-refractivity contribution in [3.8, 4) is 11.5 Å². The molecule has 0 unspecified atom stereocenters. The zero-order valence-electron chi connectivity index (χ0n) is 12.2. The summed E-state index contributed by atoms with van der Waals surface area (Å²) in [5.74, 6) is 0.0500. The molecule has 2 N–H and O–H groups in total. The van der Waals surface area contributed by atoms with Crippen molar-refractivity contribution in [3.05, 3.63) is 23.3 Å². The number of rotatable bonds is 5. The van der Waals surface area contributed by atoms with E-state index in [2.05, 4.69) is 9.64 Å². The van der Waals surface area contributed by atoms with Crippen LogP contribution in [0, 0.1) is 6.92 Å². The molecule has 0 aromatic heterocycles. The Morgan fingerprint density at radius 3 is 2.68 bits per heavy atom. The summed E-state index contributed by atoms with van der Waals surface area (Å²) in [4.78, 5) is 13.0. The van der Waals surface area contributed by atoms with Crippen LogP contribution in [0.5, 0.6) is 11.5 Å². The fourth-order valence-corrected chi connectivity index (χ4v) is 2.28. The van der Waals surface area contributed by atoms with E-state index < -0.39 is 12.7 Å². The standard InChI is InChI=1S/C14H18F2N2O4/c1-9-10(8-18-2-4-20-5-3-18)6-11(21-14(17)19)7-12(9)22-13(15)16/h6-7,13H,2-5,8H2,1H3,(H2,17,19). The lowest BCUT2D eigenvalue weighted by molar-refractivity contribution is -0.0504. The Morgan fingerprint density at radius 1 is 1.41 bits per heavy atom. The largest absolute Gasteiger partial charge is 0.434 e. The minimum absolute atomic E-state index is 0.0305. The van der Waals surface area contributed by atoms with Crippen molar-refractivity contribution in [2.24, 2.45) is 5.73 Å². The summed E-state index contributed by atoms with van der Waals surface area (Å²) in [5, 5.41) is 0. The SMILES string of the molecule is Cc1c(CN2CCOCC2)cc(OC(N)=O)cc1OC(F)F. The van der Waals surface area contributed by atoms with Crippen molar-refractivity contribution < 1.29 is 27.8 Å². The summed E-state index contributed by atoms with van der Waals surface area (Å²) >= 11 is 0. The minimum atomic E-state index is -2.96. The number of amides is 1. The van der Waals surface area contributed by atoms with E-state index in [0.717, 1.165) is 18.7 Å². The van der Waals surface area contributed by atoms with Crippen LogP contribution >= 0.6 is 0 Å². The fraction of sp³-hybridized carbons (Fsp3) is 0.500. The first-order valence-corrected chi connectivity index (χ1v) is 6.81. The number of hydrogen-bond donors (Lipinski definition) is 1. The second-order valence-electron chi connectivity index (χ2n) is 4.89. The van der Waals surface area contributed by atoms with E-state index in [1.54, 1.807) is 13.0 Å². The molecule has 8 heteroatoms. The number of nitrogens with two attached hydrogens (primary N) is 1. The van der Waals surface area contributed by atoms with E-state index in [9.17, 15) is 13.6 Å². The maximum atomic E-state index is 12.5. The van der Waals surface area contributed by atoms with Gasteiger partial charge in [-0.2, -0.15) is 8.78 Å². The number of primary amides is 1. The predicted molar refractivity (Wildman–Crippen MR) is 74.1 cm³/mol. The second-order valence-corrected chi connectivity index (χ2v) is 4.89. The van der Waals surface area contributed by atoms with Gasteiger partial charge in [0.1, 0.15) is 11.5 Å². The highest BCUT2D eigenvalue weighted by atomic mass is 19.3. The summed E-state index contributed by atoms with van der Waals surface area (Å²) in [5.41, 5.74) is 6.28. The highest BCUT2D eigenvalue weighted by molar-refractivity contribution is 5.68. The monoisotopic (exact) mass is 316 g/mol. The maximum absolute atomic E-state index is 12.5. The van der Waals surface area contributed by atoms with Crippen molar-refractivity contribution in [3.63, 3.8) is 0 Å². The van der Waals surface area contributed by atoms with Crippen LogP contribution in [0.25, 0.3) is 0 Å². The van der Waals surface area contributed by atoms with Gasteiger partial charge in [0.05, 0.1) is 13.2 Å². The Hall–Kier alpha value is -1.93. The van der Waals surface area contributed by atoms with Crippen LogP contribution in [0.1, 0.15) is 11.1 Å². The Balaban J connectivity index is 2.26. The molecule has 6 nitrogen and oxygen atoms in total. The average Bonchev–Trinajstić information content (AvgIpc) is 2.44. The molecule has 1 aliphatic heterocycles. The van der Waals surface area contributed by atoms with Crippen LogP contribution in [0.3, 0.4) is 0 Å². The van der Waals surface area contributed by atoms with Crippen LogP contribution in [0.2, 0.25) is 0 Å². The Bertz CT molecular complexity index is 534. The average molecular weight is 316 g/mol. The normalized spacial score (nSPS) is 15.8. The van der Waals surface area contributed by atoms with Gasteiger partial charge in [0.25, 0.3) is 0 Å². The fourth-order valence-electron chi connectivity index (χ4n) is 2.28. The van der Waals surface area contributed by atoms with Gasteiger partial charge < -0.3 is 19.9 Å². The molecule has 0 bridgehead atoms. The van der Waals surface area contributed by atoms with E-state index >= 15 is 0 Å². The van der Waals surface area contributed by atoms with Gasteiger partial charge in [0, 0.05) is 25.7 Å². The third-order valence-corrected chi connectivity index (χ3v) is 3.37. The molecule has 0 aliphatic carbocycles. The molecule has 22 heavy (non-hydrogen) atoms. The van der Waals surface area contributed by atoms with Crippen LogP contribution in [-0.2, 0) is 11.3 Å². The molecule has 1 fully saturated rings. The van der Waals surface area contributed by atoms with Crippen LogP contribution < -0.4 is 15.2 Å². The smallest absolute Gasteiger partial charge is 0.409 e. The third kappa shape index (κ3) is 4.54. The summed E-state index contributed by atoms with van der Waals surface area (Å²) in [6.45, 7) is 1.97. The summed E-state index contributed by atoms with van der Waals surface area (Å²) in [6, 6.07) is 2.84. The lowest BCUT2D eigenvalue weighted by Crippen LogP contribution is -2.35. The quantitative estimate of drug-likeness (QED) is 0.898. The molecule has 1 aromatic rings. The summed E-state index contributed by atoms with van der Waals surface area (Å²) < 4.78 is 39.6. The Morgan fingerprint density at radius 2 is 2.09 bits per heavy atom. The molecule has 1 saturated heterocycles. The van der Waals surface area contributed by atoms with Gasteiger partial charge in [-0.05, 0) is 24.1 Å². The molecule has 1 aliphatic rings. The lowest BCUT2D eigenvalue weighted by Gasteiger charge is -2.27. The summed E-state index contributed by atoms with van der Waals surface area (Å²) in [7, 11) is 0. The number of nitrogens with zero attached hydrogens (tertiary/aromatic N) is 1. The molecule has 0 radical (unpaired) electrons. The number of carbonyl (C=O) groups is 1. The van der Waals surface area contributed by atoms with Gasteiger partial charge >= 0.3 is 12.7 Å². The molecule has 1 amide bonds. The summed E-state index contributed by atoms with van der Waals surface area (Å²) in [6.07, 6.45) is -1.01. The molecule has 1 heterocycles. The molecule has 0 saturated carbocycles. The van der Waals surface area contributed by atoms with Crippen LogP contribution in [0.15, 0.2) is 12.1 Å².